The third-order valence-corrected chi connectivity index (χ3v) is 2.59. The van der Waals surface area contributed by atoms with Gasteiger partial charge in [-0.2, -0.15) is 0 Å². The molecule has 0 spiro atoms. The van der Waals surface area contributed by atoms with Crippen LogP contribution in [-0.2, 0) is 0 Å². The summed E-state index contributed by atoms with van der Waals surface area (Å²) in [6, 6.07) is 0. The molecule has 0 bridgehead atoms. The van der Waals surface area contributed by atoms with Gasteiger partial charge in [-0.1, -0.05) is 46.0 Å². The largest absolute Gasteiger partial charge is 0.114 e. The Kier molecular flexibility index (Phi) is 5.42. The maximum Gasteiger partial charge on any atom is -0.0391 e. The van der Waals surface area contributed by atoms with E-state index >= 15 is 0 Å². The van der Waals surface area contributed by atoms with Crippen LogP contribution >= 0.6 is 17.0 Å². The number of rotatable bonds is 1. The van der Waals surface area contributed by atoms with Crippen molar-refractivity contribution in [2.24, 2.45) is 11.8 Å². The van der Waals surface area contributed by atoms with Crippen LogP contribution in [0.4, 0.5) is 0 Å². The van der Waals surface area contributed by atoms with Gasteiger partial charge >= 0.3 is 0 Å². The average molecular weight is 207 g/mol. The topological polar surface area (TPSA) is 0 Å². The second kappa shape index (κ2) is 5.17. The molecule has 10 heavy (non-hydrogen) atoms. The van der Waals surface area contributed by atoms with Crippen molar-refractivity contribution < 1.29 is 0 Å². The van der Waals surface area contributed by atoms with Gasteiger partial charge in [0, 0.05) is 0 Å². The normalized spacial score (nSPS) is 20.7. The van der Waals surface area contributed by atoms with Gasteiger partial charge in [-0.05, 0) is 11.8 Å². The number of hydrogen-bond acceptors (Lipinski definition) is 0. The number of halogens is 1. The monoisotopic (exact) mass is 206 g/mol. The summed E-state index contributed by atoms with van der Waals surface area (Å²) in [5.41, 5.74) is 0. The van der Waals surface area contributed by atoms with Crippen molar-refractivity contribution in [3.8, 4) is 0 Å². The van der Waals surface area contributed by atoms with Crippen molar-refractivity contribution in [2.45, 2.75) is 46.0 Å². The Hall–Kier alpha value is 0.480. The summed E-state index contributed by atoms with van der Waals surface area (Å²) < 4.78 is 0. The third-order valence-electron chi connectivity index (χ3n) is 2.59. The zero-order valence-corrected chi connectivity index (χ0v) is 8.81. The molecule has 0 amide bonds. The van der Waals surface area contributed by atoms with Crippen LogP contribution in [0.15, 0.2) is 0 Å². The van der Waals surface area contributed by atoms with Crippen LogP contribution in [0.5, 0.6) is 0 Å². The summed E-state index contributed by atoms with van der Waals surface area (Å²) in [5, 5.41) is 0. The summed E-state index contributed by atoms with van der Waals surface area (Å²) in [7, 11) is 0. The average Bonchev–Trinajstić information content (AvgIpc) is 1.90. The summed E-state index contributed by atoms with van der Waals surface area (Å²) >= 11 is 0. The zero-order chi connectivity index (χ0) is 6.69. The molecule has 1 heteroatoms. The highest BCUT2D eigenvalue weighted by Gasteiger charge is 2.15. The summed E-state index contributed by atoms with van der Waals surface area (Å²) in [4.78, 5) is 0. The molecule has 1 rings (SSSR count). The van der Waals surface area contributed by atoms with Gasteiger partial charge in [-0.3, -0.25) is 0 Å². The lowest BCUT2D eigenvalue weighted by molar-refractivity contribution is 0.279. The standard InChI is InChI=1S/C9H18.BrH/c1-8(2)9-6-4-3-5-7-9;/h8-9H,3-7H2,1-2H3;1H. The van der Waals surface area contributed by atoms with E-state index in [-0.39, 0.29) is 17.0 Å². The van der Waals surface area contributed by atoms with E-state index in [9.17, 15) is 0 Å². The van der Waals surface area contributed by atoms with Crippen molar-refractivity contribution in [2.75, 3.05) is 0 Å². The first kappa shape index (κ1) is 10.5. The van der Waals surface area contributed by atoms with Gasteiger partial charge in [0.15, 0.2) is 0 Å². The maximum absolute atomic E-state index is 2.36. The van der Waals surface area contributed by atoms with Crippen molar-refractivity contribution in [1.82, 2.24) is 0 Å². The molecule has 0 radical (unpaired) electrons. The van der Waals surface area contributed by atoms with Crippen molar-refractivity contribution in [3.63, 3.8) is 0 Å². The zero-order valence-electron chi connectivity index (χ0n) is 7.10. The molecule has 0 saturated heterocycles. The molecular formula is C9H19Br. The lowest BCUT2D eigenvalue weighted by atomic mass is 9.82. The minimum absolute atomic E-state index is 0. The molecule has 0 heterocycles. The molecule has 62 valence electrons. The predicted molar refractivity (Wildman–Crippen MR) is 51.7 cm³/mol. The molecule has 0 unspecified atom stereocenters. The lowest BCUT2D eigenvalue weighted by Crippen LogP contribution is -2.12. The molecule has 0 atom stereocenters. The van der Waals surface area contributed by atoms with Crippen LogP contribution in [-0.4, -0.2) is 0 Å². The van der Waals surface area contributed by atoms with Gasteiger partial charge in [-0.25, -0.2) is 0 Å². The van der Waals surface area contributed by atoms with Crippen LogP contribution < -0.4 is 0 Å². The van der Waals surface area contributed by atoms with Gasteiger partial charge in [0.1, 0.15) is 0 Å². The molecule has 0 aromatic carbocycles. The Balaban J connectivity index is 0.000000810. The van der Waals surface area contributed by atoms with Crippen LogP contribution in [0.3, 0.4) is 0 Å². The molecule has 0 aromatic heterocycles. The lowest BCUT2D eigenvalue weighted by Gasteiger charge is -2.24. The van der Waals surface area contributed by atoms with Gasteiger partial charge in [0.2, 0.25) is 0 Å². The van der Waals surface area contributed by atoms with Gasteiger partial charge < -0.3 is 0 Å². The minimum Gasteiger partial charge on any atom is -0.114 e. The quantitative estimate of drug-likeness (QED) is 0.613. The first-order chi connectivity index (χ1) is 4.30. The fraction of sp³-hybridized carbons (Fsp3) is 1.00. The van der Waals surface area contributed by atoms with E-state index in [1.807, 2.05) is 0 Å². The second-order valence-corrected chi connectivity index (χ2v) is 3.64. The van der Waals surface area contributed by atoms with Crippen LogP contribution in [0.25, 0.3) is 0 Å². The molecule has 0 nitrogen and oxygen atoms in total. The van der Waals surface area contributed by atoms with Crippen LogP contribution in [0, 0.1) is 11.8 Å². The van der Waals surface area contributed by atoms with E-state index in [0.29, 0.717) is 0 Å². The summed E-state index contributed by atoms with van der Waals surface area (Å²) in [6.45, 7) is 4.71. The van der Waals surface area contributed by atoms with E-state index in [4.69, 9.17) is 0 Å². The highest BCUT2D eigenvalue weighted by Crippen LogP contribution is 2.29. The van der Waals surface area contributed by atoms with Crippen molar-refractivity contribution in [3.05, 3.63) is 0 Å². The Labute approximate surface area is 75.2 Å². The Morgan fingerprint density at radius 1 is 1.00 bits per heavy atom. The molecule has 0 aromatic rings. The predicted octanol–water partition coefficient (Wildman–Crippen LogP) is 3.80. The van der Waals surface area contributed by atoms with E-state index in [1.165, 1.54) is 32.1 Å². The maximum atomic E-state index is 2.36. The Bertz CT molecular complexity index is 72.8. The third kappa shape index (κ3) is 3.05. The fourth-order valence-electron chi connectivity index (χ4n) is 1.80. The van der Waals surface area contributed by atoms with E-state index in [0.717, 1.165) is 11.8 Å². The van der Waals surface area contributed by atoms with Gasteiger partial charge in [0.05, 0.1) is 0 Å². The summed E-state index contributed by atoms with van der Waals surface area (Å²) in [6.07, 6.45) is 7.46. The summed E-state index contributed by atoms with van der Waals surface area (Å²) in [5.74, 6) is 1.99. The number of hydrogen-bond donors (Lipinski definition) is 0. The van der Waals surface area contributed by atoms with E-state index in [1.54, 1.807) is 0 Å². The van der Waals surface area contributed by atoms with E-state index in [2.05, 4.69) is 13.8 Å². The molecule has 1 aliphatic rings. The first-order valence-electron chi connectivity index (χ1n) is 4.30. The van der Waals surface area contributed by atoms with Crippen molar-refractivity contribution in [1.29, 1.82) is 0 Å². The molecule has 1 saturated carbocycles. The highest BCUT2D eigenvalue weighted by atomic mass is 79.9. The molecular weight excluding hydrogens is 188 g/mol. The van der Waals surface area contributed by atoms with E-state index < -0.39 is 0 Å². The first-order valence-corrected chi connectivity index (χ1v) is 4.30. The molecule has 0 aliphatic heterocycles. The molecule has 1 fully saturated rings. The SMILES string of the molecule is Br.CC(C)C1CCCCC1. The van der Waals surface area contributed by atoms with Gasteiger partial charge in [0.25, 0.3) is 0 Å². The molecule has 1 aliphatic carbocycles. The Morgan fingerprint density at radius 3 is 1.80 bits per heavy atom. The van der Waals surface area contributed by atoms with Crippen LogP contribution in [0.2, 0.25) is 0 Å². The Morgan fingerprint density at radius 2 is 1.50 bits per heavy atom. The van der Waals surface area contributed by atoms with Gasteiger partial charge in [-0.15, -0.1) is 17.0 Å². The van der Waals surface area contributed by atoms with Crippen molar-refractivity contribution >= 4 is 17.0 Å². The molecule has 0 N–H and O–H groups in total. The minimum atomic E-state index is 0. The second-order valence-electron chi connectivity index (χ2n) is 3.64. The smallest absolute Gasteiger partial charge is 0.0391 e. The fourth-order valence-corrected chi connectivity index (χ4v) is 1.80. The van der Waals surface area contributed by atoms with Crippen LogP contribution in [0.1, 0.15) is 46.0 Å². The highest BCUT2D eigenvalue weighted by molar-refractivity contribution is 8.93.